The molecule has 0 aliphatic heterocycles. The Hall–Kier alpha value is -1.43. The lowest BCUT2D eigenvalue weighted by molar-refractivity contribution is 0.223. The van der Waals surface area contributed by atoms with Gasteiger partial charge in [-0.15, -0.1) is 12.4 Å². The molecule has 2 aromatic rings. The highest BCUT2D eigenvalue weighted by molar-refractivity contribution is 5.85. The molecule has 0 bridgehead atoms. The van der Waals surface area contributed by atoms with Crippen LogP contribution in [0.15, 0.2) is 34.9 Å². The average molecular weight is 325 g/mol. The Morgan fingerprint density at radius 3 is 2.36 bits per heavy atom. The average Bonchev–Trinajstić information content (AvgIpc) is 2.89. The molecule has 0 atom stereocenters. The number of hydrogen-bond donors (Lipinski definition) is 1. The van der Waals surface area contributed by atoms with Crippen molar-refractivity contribution in [2.75, 3.05) is 13.1 Å². The molecular weight excluding hydrogens is 300 g/mol. The Bertz CT molecular complexity index is 551. The second-order valence-corrected chi connectivity index (χ2v) is 6.25. The lowest BCUT2D eigenvalue weighted by Gasteiger charge is -2.19. The molecule has 0 saturated carbocycles. The number of nitrogens with zero attached hydrogens (tertiary/aromatic N) is 3. The molecule has 122 valence electrons. The summed E-state index contributed by atoms with van der Waals surface area (Å²) in [6.45, 7) is 9.06. The zero-order valence-corrected chi connectivity index (χ0v) is 14.3. The topological polar surface area (TPSA) is 68.2 Å². The van der Waals surface area contributed by atoms with Crippen molar-refractivity contribution < 1.29 is 4.52 Å². The molecule has 0 aliphatic rings. The van der Waals surface area contributed by atoms with E-state index in [0.29, 0.717) is 19.0 Å². The van der Waals surface area contributed by atoms with E-state index in [2.05, 4.69) is 47.9 Å². The minimum Gasteiger partial charge on any atom is -0.338 e. The van der Waals surface area contributed by atoms with Gasteiger partial charge in [-0.25, -0.2) is 0 Å². The zero-order chi connectivity index (χ0) is 15.3. The Labute approximate surface area is 138 Å². The van der Waals surface area contributed by atoms with Crippen molar-refractivity contribution >= 4 is 12.4 Å². The SMILES string of the molecule is CC(C)(C)c1noc(CN(CCN)Cc2ccccc2)n1.Cl. The molecule has 5 nitrogen and oxygen atoms in total. The molecule has 0 fully saturated rings. The Morgan fingerprint density at radius 2 is 1.82 bits per heavy atom. The van der Waals surface area contributed by atoms with Gasteiger partial charge in [0.15, 0.2) is 5.82 Å². The minimum atomic E-state index is -0.0973. The maximum Gasteiger partial charge on any atom is 0.240 e. The van der Waals surface area contributed by atoms with Crippen molar-refractivity contribution in [3.05, 3.63) is 47.6 Å². The van der Waals surface area contributed by atoms with Crippen molar-refractivity contribution in [3.63, 3.8) is 0 Å². The van der Waals surface area contributed by atoms with Gasteiger partial charge in [-0.2, -0.15) is 4.98 Å². The predicted octanol–water partition coefficient (Wildman–Crippen LogP) is 2.75. The molecule has 2 N–H and O–H groups in total. The van der Waals surface area contributed by atoms with Crippen molar-refractivity contribution in [3.8, 4) is 0 Å². The van der Waals surface area contributed by atoms with E-state index in [0.717, 1.165) is 18.9 Å². The fourth-order valence-corrected chi connectivity index (χ4v) is 2.05. The Balaban J connectivity index is 0.00000242. The molecule has 1 aromatic heterocycles. The monoisotopic (exact) mass is 324 g/mol. The Morgan fingerprint density at radius 1 is 1.14 bits per heavy atom. The first-order valence-electron chi connectivity index (χ1n) is 7.28. The van der Waals surface area contributed by atoms with Gasteiger partial charge in [0.1, 0.15) is 0 Å². The zero-order valence-electron chi connectivity index (χ0n) is 13.5. The van der Waals surface area contributed by atoms with Crippen LogP contribution >= 0.6 is 12.4 Å². The summed E-state index contributed by atoms with van der Waals surface area (Å²) < 4.78 is 5.36. The third-order valence-corrected chi connectivity index (χ3v) is 3.19. The summed E-state index contributed by atoms with van der Waals surface area (Å²) in [6.07, 6.45) is 0. The van der Waals surface area contributed by atoms with E-state index in [9.17, 15) is 0 Å². The molecule has 0 spiro atoms. The first-order valence-corrected chi connectivity index (χ1v) is 7.28. The fourth-order valence-electron chi connectivity index (χ4n) is 2.05. The van der Waals surface area contributed by atoms with E-state index in [1.165, 1.54) is 5.56 Å². The van der Waals surface area contributed by atoms with Gasteiger partial charge in [0.2, 0.25) is 5.89 Å². The fraction of sp³-hybridized carbons (Fsp3) is 0.500. The largest absolute Gasteiger partial charge is 0.338 e. The summed E-state index contributed by atoms with van der Waals surface area (Å²) in [7, 11) is 0. The lowest BCUT2D eigenvalue weighted by atomic mass is 9.96. The minimum absolute atomic E-state index is 0. The third kappa shape index (κ3) is 5.40. The number of rotatable bonds is 6. The van der Waals surface area contributed by atoms with Gasteiger partial charge in [-0.3, -0.25) is 4.90 Å². The molecule has 1 aromatic carbocycles. The van der Waals surface area contributed by atoms with Crippen LogP contribution in [0.4, 0.5) is 0 Å². The van der Waals surface area contributed by atoms with E-state index in [1.54, 1.807) is 0 Å². The number of hydrogen-bond acceptors (Lipinski definition) is 5. The predicted molar refractivity (Wildman–Crippen MR) is 89.9 cm³/mol. The van der Waals surface area contributed by atoms with E-state index in [1.807, 2.05) is 18.2 Å². The first kappa shape index (κ1) is 18.6. The van der Waals surface area contributed by atoms with Gasteiger partial charge in [0.25, 0.3) is 0 Å². The summed E-state index contributed by atoms with van der Waals surface area (Å²) in [5, 5.41) is 4.06. The summed E-state index contributed by atoms with van der Waals surface area (Å²) in [4.78, 5) is 6.70. The second-order valence-electron chi connectivity index (χ2n) is 6.25. The summed E-state index contributed by atoms with van der Waals surface area (Å²) >= 11 is 0. The molecule has 0 amide bonds. The van der Waals surface area contributed by atoms with E-state index < -0.39 is 0 Å². The molecular formula is C16H25ClN4O. The highest BCUT2D eigenvalue weighted by Crippen LogP contribution is 2.19. The first-order chi connectivity index (χ1) is 9.99. The molecule has 6 heteroatoms. The quantitative estimate of drug-likeness (QED) is 0.885. The van der Waals surface area contributed by atoms with Crippen LogP contribution in [0.2, 0.25) is 0 Å². The van der Waals surface area contributed by atoms with Crippen molar-refractivity contribution in [2.24, 2.45) is 5.73 Å². The number of benzene rings is 1. The normalized spacial score (nSPS) is 11.5. The second kappa shape index (κ2) is 8.27. The van der Waals surface area contributed by atoms with E-state index in [-0.39, 0.29) is 17.8 Å². The third-order valence-electron chi connectivity index (χ3n) is 3.19. The molecule has 0 saturated heterocycles. The summed E-state index contributed by atoms with van der Waals surface area (Å²) in [5.74, 6) is 1.38. The molecule has 0 unspecified atom stereocenters. The number of halogens is 1. The smallest absolute Gasteiger partial charge is 0.240 e. The molecule has 1 heterocycles. The van der Waals surface area contributed by atoms with E-state index >= 15 is 0 Å². The lowest BCUT2D eigenvalue weighted by Crippen LogP contribution is -2.29. The van der Waals surface area contributed by atoms with E-state index in [4.69, 9.17) is 10.3 Å². The highest BCUT2D eigenvalue weighted by Gasteiger charge is 2.21. The standard InChI is InChI=1S/C16H24N4O.ClH/c1-16(2,3)15-18-14(21-19-15)12-20(10-9-17)11-13-7-5-4-6-8-13;/h4-8H,9-12,17H2,1-3H3;1H. The van der Waals surface area contributed by atoms with Crippen molar-refractivity contribution in [1.29, 1.82) is 0 Å². The van der Waals surface area contributed by atoms with Gasteiger partial charge in [-0.1, -0.05) is 56.3 Å². The van der Waals surface area contributed by atoms with Crippen LogP contribution in [-0.4, -0.2) is 28.1 Å². The molecule has 0 radical (unpaired) electrons. The van der Waals surface area contributed by atoms with Crippen LogP contribution in [0, 0.1) is 0 Å². The van der Waals surface area contributed by atoms with Crippen LogP contribution in [-0.2, 0) is 18.5 Å². The number of nitrogens with two attached hydrogens (primary N) is 1. The van der Waals surface area contributed by atoms with Gasteiger partial charge in [-0.05, 0) is 5.56 Å². The maximum absolute atomic E-state index is 5.70. The highest BCUT2D eigenvalue weighted by atomic mass is 35.5. The Kier molecular flexibility index (Phi) is 7.00. The van der Waals surface area contributed by atoms with Gasteiger partial charge >= 0.3 is 0 Å². The van der Waals surface area contributed by atoms with Crippen LogP contribution in [0.1, 0.15) is 38.0 Å². The molecule has 22 heavy (non-hydrogen) atoms. The van der Waals surface area contributed by atoms with Crippen LogP contribution in [0.5, 0.6) is 0 Å². The van der Waals surface area contributed by atoms with Gasteiger partial charge in [0, 0.05) is 25.0 Å². The van der Waals surface area contributed by atoms with Crippen LogP contribution in [0.3, 0.4) is 0 Å². The van der Waals surface area contributed by atoms with Crippen LogP contribution < -0.4 is 5.73 Å². The van der Waals surface area contributed by atoms with Crippen LogP contribution in [0.25, 0.3) is 0 Å². The van der Waals surface area contributed by atoms with Gasteiger partial charge in [0.05, 0.1) is 6.54 Å². The molecule has 2 rings (SSSR count). The summed E-state index contributed by atoms with van der Waals surface area (Å²) in [5.41, 5.74) is 6.86. The molecule has 0 aliphatic carbocycles. The number of aromatic nitrogens is 2. The van der Waals surface area contributed by atoms with Crippen molar-refractivity contribution in [1.82, 2.24) is 15.0 Å². The maximum atomic E-state index is 5.70. The van der Waals surface area contributed by atoms with Gasteiger partial charge < -0.3 is 10.3 Å². The van der Waals surface area contributed by atoms with Crippen molar-refractivity contribution in [2.45, 2.75) is 39.3 Å². The summed E-state index contributed by atoms with van der Waals surface area (Å²) in [6, 6.07) is 10.3.